The predicted octanol–water partition coefficient (Wildman–Crippen LogP) is 9.24. The van der Waals surface area contributed by atoms with Crippen LogP contribution in [0, 0.1) is 58.6 Å². The molecule has 0 radical (unpaired) electrons. The molecular weight excluding hydrogens is 554 g/mol. The van der Waals surface area contributed by atoms with Crippen molar-refractivity contribution in [1.29, 1.82) is 0 Å². The van der Waals surface area contributed by atoms with Crippen molar-refractivity contribution in [3.8, 4) is 35.2 Å². The van der Waals surface area contributed by atoms with Gasteiger partial charge in [0.15, 0.2) is 17.4 Å². The molecule has 3 aromatic carbocycles. The van der Waals surface area contributed by atoms with Gasteiger partial charge in [0.1, 0.15) is 22.9 Å². The zero-order valence-electron chi connectivity index (χ0n) is 23.6. The normalized spacial score (nSPS) is 10.5. The van der Waals surface area contributed by atoms with E-state index in [2.05, 4.69) is 18.8 Å². The van der Waals surface area contributed by atoms with Crippen LogP contribution >= 0.6 is 0 Å². The van der Waals surface area contributed by atoms with E-state index in [0.717, 1.165) is 57.1 Å². The Morgan fingerprint density at radius 3 is 1.64 bits per heavy atom. The number of unbranched alkanes of at least 4 members (excludes halogenated alkanes) is 6. The topological polar surface area (TPSA) is 18.5 Å². The molecule has 0 bridgehead atoms. The van der Waals surface area contributed by atoms with Gasteiger partial charge in [-0.1, -0.05) is 76.1 Å². The van der Waals surface area contributed by atoms with Crippen molar-refractivity contribution in [3.05, 3.63) is 93.6 Å². The first-order chi connectivity index (χ1) is 20.3. The quantitative estimate of drug-likeness (QED) is 0.0912. The lowest BCUT2D eigenvalue weighted by Gasteiger charge is -2.11. The minimum atomic E-state index is -1.82. The van der Waals surface area contributed by atoms with E-state index in [1.54, 1.807) is 24.3 Å². The molecule has 0 heterocycles. The van der Waals surface area contributed by atoms with Gasteiger partial charge in [-0.05, 0) is 49.2 Å². The first kappa shape index (κ1) is 32.5. The monoisotopic (exact) mass is 586 g/mol. The Labute approximate surface area is 243 Å². The fourth-order valence-electron chi connectivity index (χ4n) is 3.94. The van der Waals surface area contributed by atoms with Gasteiger partial charge in [-0.15, -0.1) is 0 Å². The third kappa shape index (κ3) is 8.98. The van der Waals surface area contributed by atoms with E-state index in [1.807, 2.05) is 18.8 Å². The fraction of sp³-hybridized carbons (Fsp3) is 0.353. The first-order valence-electron chi connectivity index (χ1n) is 14.0. The van der Waals surface area contributed by atoms with Crippen molar-refractivity contribution in [2.75, 3.05) is 13.2 Å². The summed E-state index contributed by atoms with van der Waals surface area (Å²) in [6.07, 6.45) is 7.18. The highest BCUT2D eigenvalue weighted by Gasteiger charge is 2.26. The summed E-state index contributed by atoms with van der Waals surface area (Å²) in [5.74, 6) is -0.813. The molecule has 2 nitrogen and oxygen atoms in total. The third-order valence-electron chi connectivity index (χ3n) is 6.29. The van der Waals surface area contributed by atoms with Crippen LogP contribution in [0.5, 0.6) is 11.5 Å². The predicted molar refractivity (Wildman–Crippen MR) is 150 cm³/mol. The van der Waals surface area contributed by atoms with Crippen LogP contribution in [0.25, 0.3) is 0 Å². The summed E-state index contributed by atoms with van der Waals surface area (Å²) in [5, 5.41) is 0. The Kier molecular flexibility index (Phi) is 12.7. The molecule has 0 fully saturated rings. The van der Waals surface area contributed by atoms with E-state index in [1.165, 1.54) is 0 Å². The molecule has 8 heteroatoms. The number of hydrogen-bond donors (Lipinski definition) is 0. The Balaban J connectivity index is 1.74. The van der Waals surface area contributed by atoms with Crippen molar-refractivity contribution < 1.29 is 35.8 Å². The van der Waals surface area contributed by atoms with Crippen molar-refractivity contribution in [3.63, 3.8) is 0 Å². The average molecular weight is 587 g/mol. The summed E-state index contributed by atoms with van der Waals surface area (Å²) < 4.78 is 97.9. The second-order valence-electron chi connectivity index (χ2n) is 9.62. The Hall–Kier alpha value is -4.04. The SMILES string of the molecule is CCCCCCCOc1c(F)c(F)c(C#Cc2c(F)cc(C#Cc3ccc(OCCCCC)cc3)cc2F)c(F)c1F. The minimum Gasteiger partial charge on any atom is -0.494 e. The number of benzene rings is 3. The molecular formula is C34H32F6O2. The van der Waals surface area contributed by atoms with E-state index in [-0.39, 0.29) is 12.2 Å². The van der Waals surface area contributed by atoms with E-state index in [0.29, 0.717) is 24.3 Å². The summed E-state index contributed by atoms with van der Waals surface area (Å²) in [6, 6.07) is 8.70. The van der Waals surface area contributed by atoms with Crippen molar-refractivity contribution >= 4 is 0 Å². The van der Waals surface area contributed by atoms with Crippen molar-refractivity contribution in [2.24, 2.45) is 0 Å². The molecule has 0 atom stereocenters. The highest BCUT2D eigenvalue weighted by molar-refractivity contribution is 5.51. The molecule has 0 spiro atoms. The van der Waals surface area contributed by atoms with Gasteiger partial charge < -0.3 is 9.47 Å². The first-order valence-corrected chi connectivity index (χ1v) is 14.0. The molecule has 0 aliphatic heterocycles. The second kappa shape index (κ2) is 16.4. The molecule has 0 unspecified atom stereocenters. The van der Waals surface area contributed by atoms with Gasteiger partial charge >= 0.3 is 0 Å². The van der Waals surface area contributed by atoms with Crippen LogP contribution in [0.1, 0.15) is 87.5 Å². The van der Waals surface area contributed by atoms with Gasteiger partial charge in [0, 0.05) is 11.1 Å². The van der Waals surface area contributed by atoms with Crippen molar-refractivity contribution in [1.82, 2.24) is 0 Å². The van der Waals surface area contributed by atoms with E-state index in [9.17, 15) is 26.3 Å². The van der Waals surface area contributed by atoms with Gasteiger partial charge in [0.2, 0.25) is 11.6 Å². The molecule has 222 valence electrons. The largest absolute Gasteiger partial charge is 0.494 e. The standard InChI is InChI=1S/C34H32F6O2/c1-3-5-7-8-10-20-42-34-32(39)30(37)27(31(38)33(34)40)18-17-26-28(35)21-24(22-29(26)36)12-11-23-13-15-25(16-14-23)41-19-9-6-4-2/h13-16,21-22H,3-10,19-20H2,1-2H3. The van der Waals surface area contributed by atoms with Crippen LogP contribution in [-0.2, 0) is 0 Å². The number of rotatable bonds is 12. The molecule has 3 rings (SSSR count). The zero-order valence-corrected chi connectivity index (χ0v) is 23.6. The lowest BCUT2D eigenvalue weighted by Crippen LogP contribution is -2.08. The second-order valence-corrected chi connectivity index (χ2v) is 9.62. The molecule has 0 saturated heterocycles. The molecule has 0 N–H and O–H groups in total. The lowest BCUT2D eigenvalue weighted by molar-refractivity contribution is 0.263. The van der Waals surface area contributed by atoms with Gasteiger partial charge in [-0.2, -0.15) is 8.78 Å². The molecule has 0 aliphatic rings. The molecule has 0 amide bonds. The van der Waals surface area contributed by atoms with Crippen LogP contribution in [0.4, 0.5) is 26.3 Å². The number of hydrogen-bond acceptors (Lipinski definition) is 2. The molecule has 0 aliphatic carbocycles. The number of ether oxygens (including phenoxy) is 2. The van der Waals surface area contributed by atoms with E-state index in [4.69, 9.17) is 9.47 Å². The minimum absolute atomic E-state index is 0.0129. The van der Waals surface area contributed by atoms with E-state index >= 15 is 0 Å². The summed E-state index contributed by atoms with van der Waals surface area (Å²) in [5.41, 5.74) is -1.57. The van der Waals surface area contributed by atoms with Gasteiger partial charge in [0.25, 0.3) is 0 Å². The van der Waals surface area contributed by atoms with E-state index < -0.39 is 51.8 Å². The van der Waals surface area contributed by atoms with Crippen LogP contribution < -0.4 is 9.47 Å². The molecule has 42 heavy (non-hydrogen) atoms. The average Bonchev–Trinajstić information content (AvgIpc) is 2.98. The Bertz CT molecular complexity index is 1420. The van der Waals surface area contributed by atoms with Gasteiger partial charge in [-0.25, -0.2) is 17.6 Å². The molecule has 0 aromatic heterocycles. The Morgan fingerprint density at radius 2 is 1.02 bits per heavy atom. The van der Waals surface area contributed by atoms with Crippen molar-refractivity contribution in [2.45, 2.75) is 65.2 Å². The zero-order chi connectivity index (χ0) is 30.5. The maximum absolute atomic E-state index is 14.7. The summed E-state index contributed by atoms with van der Waals surface area (Å²) in [7, 11) is 0. The Morgan fingerprint density at radius 1 is 0.524 bits per heavy atom. The third-order valence-corrected chi connectivity index (χ3v) is 6.29. The van der Waals surface area contributed by atoms with Crippen LogP contribution in [-0.4, -0.2) is 13.2 Å². The van der Waals surface area contributed by atoms with Gasteiger partial charge in [0.05, 0.1) is 18.8 Å². The highest BCUT2D eigenvalue weighted by atomic mass is 19.2. The van der Waals surface area contributed by atoms with Gasteiger partial charge in [-0.3, -0.25) is 0 Å². The number of halogens is 6. The smallest absolute Gasteiger partial charge is 0.205 e. The molecule has 0 saturated carbocycles. The maximum Gasteiger partial charge on any atom is 0.205 e. The van der Waals surface area contributed by atoms with Crippen LogP contribution in [0.15, 0.2) is 36.4 Å². The highest BCUT2D eigenvalue weighted by Crippen LogP contribution is 2.30. The summed E-state index contributed by atoms with van der Waals surface area (Å²) in [4.78, 5) is 0. The lowest BCUT2D eigenvalue weighted by atomic mass is 10.1. The van der Waals surface area contributed by atoms with Crippen LogP contribution in [0.2, 0.25) is 0 Å². The van der Waals surface area contributed by atoms with Crippen LogP contribution in [0.3, 0.4) is 0 Å². The maximum atomic E-state index is 14.7. The fourth-order valence-corrected chi connectivity index (χ4v) is 3.94. The summed E-state index contributed by atoms with van der Waals surface area (Å²) in [6.45, 7) is 4.60. The molecule has 3 aromatic rings. The summed E-state index contributed by atoms with van der Waals surface area (Å²) >= 11 is 0.